The first-order valence-electron chi connectivity index (χ1n) is 9.91. The SMILES string of the molecule is CN(c1cc2oc(-c3ccc(F)cc3)c(C(N)=O)c2cc1Cc1ccc(O)cc1)S(C)(=O)=O. The summed E-state index contributed by atoms with van der Waals surface area (Å²) in [5, 5.41) is 9.98. The Morgan fingerprint density at radius 2 is 1.73 bits per heavy atom. The van der Waals surface area contributed by atoms with E-state index in [4.69, 9.17) is 10.2 Å². The summed E-state index contributed by atoms with van der Waals surface area (Å²) in [6, 6.07) is 15.2. The number of hydrogen-bond donors (Lipinski definition) is 2. The van der Waals surface area contributed by atoms with Gasteiger partial charge in [0.2, 0.25) is 10.0 Å². The Hall–Kier alpha value is -3.85. The number of carbonyl (C=O) groups excluding carboxylic acids is 1. The highest BCUT2D eigenvalue weighted by Crippen LogP contribution is 2.38. The van der Waals surface area contributed by atoms with E-state index >= 15 is 0 Å². The van der Waals surface area contributed by atoms with Crippen LogP contribution in [0.2, 0.25) is 0 Å². The molecule has 0 saturated carbocycles. The monoisotopic (exact) mass is 468 g/mol. The lowest BCUT2D eigenvalue weighted by Gasteiger charge is -2.20. The van der Waals surface area contributed by atoms with Crippen LogP contribution in [0.1, 0.15) is 21.5 Å². The van der Waals surface area contributed by atoms with E-state index in [1.165, 1.54) is 43.4 Å². The van der Waals surface area contributed by atoms with Crippen molar-refractivity contribution in [2.24, 2.45) is 5.73 Å². The Kier molecular flexibility index (Phi) is 5.59. The van der Waals surface area contributed by atoms with E-state index in [1.54, 1.807) is 24.3 Å². The number of sulfonamides is 1. The highest BCUT2D eigenvalue weighted by molar-refractivity contribution is 7.92. The van der Waals surface area contributed by atoms with Gasteiger partial charge in [-0.2, -0.15) is 0 Å². The molecule has 0 unspecified atom stereocenters. The molecule has 3 aromatic carbocycles. The van der Waals surface area contributed by atoms with Crippen molar-refractivity contribution in [3.05, 3.63) is 83.2 Å². The van der Waals surface area contributed by atoms with Crippen molar-refractivity contribution in [1.29, 1.82) is 0 Å². The third-order valence-electron chi connectivity index (χ3n) is 5.41. The Balaban J connectivity index is 1.97. The van der Waals surface area contributed by atoms with Gasteiger partial charge in [0.1, 0.15) is 22.9 Å². The minimum atomic E-state index is -3.60. The normalized spacial score (nSPS) is 11.6. The molecule has 0 atom stereocenters. The molecule has 0 fully saturated rings. The fourth-order valence-electron chi connectivity index (χ4n) is 3.67. The number of primary amides is 1. The molecular formula is C24H21FN2O5S. The molecule has 0 aliphatic rings. The molecule has 0 bridgehead atoms. The number of phenolic OH excluding ortho intramolecular Hbond substituents is 1. The third kappa shape index (κ3) is 4.40. The van der Waals surface area contributed by atoms with Gasteiger partial charge in [0.15, 0.2) is 0 Å². The van der Waals surface area contributed by atoms with Crippen LogP contribution in [0.3, 0.4) is 0 Å². The van der Waals surface area contributed by atoms with E-state index in [-0.39, 0.29) is 22.7 Å². The fourth-order valence-corrected chi connectivity index (χ4v) is 4.20. The van der Waals surface area contributed by atoms with E-state index in [9.17, 15) is 22.7 Å². The van der Waals surface area contributed by atoms with Gasteiger partial charge < -0.3 is 15.3 Å². The molecule has 0 saturated heterocycles. The van der Waals surface area contributed by atoms with Crippen molar-refractivity contribution >= 4 is 32.6 Å². The van der Waals surface area contributed by atoms with Gasteiger partial charge in [0.25, 0.3) is 5.91 Å². The molecule has 0 aliphatic carbocycles. The van der Waals surface area contributed by atoms with Crippen LogP contribution in [0.5, 0.6) is 5.75 Å². The Labute approximate surface area is 189 Å². The number of phenols is 1. The van der Waals surface area contributed by atoms with Crippen molar-refractivity contribution in [3.8, 4) is 17.1 Å². The van der Waals surface area contributed by atoms with E-state index in [1.807, 2.05) is 0 Å². The summed E-state index contributed by atoms with van der Waals surface area (Å²) in [5.74, 6) is -0.888. The molecule has 1 aromatic heterocycles. The summed E-state index contributed by atoms with van der Waals surface area (Å²) < 4.78 is 45.1. The number of benzene rings is 3. The highest BCUT2D eigenvalue weighted by Gasteiger charge is 2.24. The van der Waals surface area contributed by atoms with Gasteiger partial charge in [-0.05, 0) is 60.0 Å². The second-order valence-corrected chi connectivity index (χ2v) is 9.74. The molecule has 0 aliphatic heterocycles. The van der Waals surface area contributed by atoms with Crippen LogP contribution in [0.4, 0.5) is 10.1 Å². The second kappa shape index (κ2) is 8.25. The van der Waals surface area contributed by atoms with Gasteiger partial charge in [-0.15, -0.1) is 0 Å². The average Bonchev–Trinajstić information content (AvgIpc) is 3.12. The fraction of sp³-hybridized carbons (Fsp3) is 0.125. The van der Waals surface area contributed by atoms with E-state index in [0.717, 1.165) is 16.1 Å². The minimum absolute atomic E-state index is 0.109. The zero-order valence-electron chi connectivity index (χ0n) is 17.9. The maximum absolute atomic E-state index is 13.4. The molecule has 170 valence electrons. The first-order chi connectivity index (χ1) is 15.5. The molecule has 1 amide bonds. The molecule has 4 aromatic rings. The van der Waals surface area contributed by atoms with Crippen LogP contribution in [-0.4, -0.2) is 32.7 Å². The number of anilines is 1. The van der Waals surface area contributed by atoms with Gasteiger partial charge in [-0.3, -0.25) is 9.10 Å². The molecule has 0 spiro atoms. The van der Waals surface area contributed by atoms with Crippen molar-refractivity contribution < 1.29 is 27.1 Å². The molecule has 9 heteroatoms. The first kappa shape index (κ1) is 22.3. The number of nitrogens with zero attached hydrogens (tertiary/aromatic N) is 1. The van der Waals surface area contributed by atoms with Gasteiger partial charge in [0.05, 0.1) is 17.5 Å². The highest BCUT2D eigenvalue weighted by atomic mass is 32.2. The number of furan rings is 1. The van der Waals surface area contributed by atoms with Gasteiger partial charge in [-0.1, -0.05) is 12.1 Å². The van der Waals surface area contributed by atoms with Gasteiger partial charge >= 0.3 is 0 Å². The molecule has 33 heavy (non-hydrogen) atoms. The maximum Gasteiger partial charge on any atom is 0.253 e. The van der Waals surface area contributed by atoms with Crippen molar-refractivity contribution in [2.45, 2.75) is 6.42 Å². The minimum Gasteiger partial charge on any atom is -0.508 e. The third-order valence-corrected chi connectivity index (χ3v) is 6.60. The van der Waals surface area contributed by atoms with E-state index in [2.05, 4.69) is 0 Å². The van der Waals surface area contributed by atoms with E-state index < -0.39 is 21.7 Å². The van der Waals surface area contributed by atoms with Crippen LogP contribution in [0, 0.1) is 5.82 Å². The topological polar surface area (TPSA) is 114 Å². The maximum atomic E-state index is 13.4. The zero-order chi connectivity index (χ0) is 23.9. The standard InChI is InChI=1S/C24H21FN2O5S/c1-27(33(2,30)31)20-13-21-19(12-16(20)11-14-3-9-18(28)10-4-14)22(24(26)29)23(32-21)15-5-7-17(25)8-6-15/h3-10,12-13,28H,11H2,1-2H3,(H2,26,29). The molecule has 3 N–H and O–H groups in total. The summed E-state index contributed by atoms with van der Waals surface area (Å²) in [6.45, 7) is 0. The number of rotatable bonds is 6. The smallest absolute Gasteiger partial charge is 0.253 e. The number of fused-ring (bicyclic) bond motifs is 1. The zero-order valence-corrected chi connectivity index (χ0v) is 18.7. The number of amides is 1. The first-order valence-corrected chi connectivity index (χ1v) is 11.8. The van der Waals surface area contributed by atoms with Gasteiger partial charge in [-0.25, -0.2) is 12.8 Å². The lowest BCUT2D eigenvalue weighted by molar-refractivity contribution is 0.100. The number of hydrogen-bond acceptors (Lipinski definition) is 5. The van der Waals surface area contributed by atoms with Crippen molar-refractivity contribution in [3.63, 3.8) is 0 Å². The van der Waals surface area contributed by atoms with E-state index in [0.29, 0.717) is 28.6 Å². The predicted octanol–water partition coefficient (Wildman–Crippen LogP) is 4.03. The summed E-state index contributed by atoms with van der Waals surface area (Å²) in [7, 11) is -2.18. The lowest BCUT2D eigenvalue weighted by atomic mass is 9.98. The van der Waals surface area contributed by atoms with Crippen LogP contribution >= 0.6 is 0 Å². The summed E-state index contributed by atoms with van der Waals surface area (Å²) in [4.78, 5) is 12.4. The Morgan fingerprint density at radius 1 is 1.09 bits per heavy atom. The number of carbonyl (C=O) groups is 1. The van der Waals surface area contributed by atoms with Crippen LogP contribution in [0.25, 0.3) is 22.3 Å². The largest absolute Gasteiger partial charge is 0.508 e. The number of nitrogens with two attached hydrogens (primary N) is 1. The van der Waals surface area contributed by atoms with Crippen LogP contribution < -0.4 is 10.0 Å². The second-order valence-electron chi connectivity index (χ2n) is 7.73. The van der Waals surface area contributed by atoms with Crippen molar-refractivity contribution in [2.75, 3.05) is 17.6 Å². The molecule has 1 heterocycles. The molecule has 0 radical (unpaired) electrons. The summed E-state index contributed by atoms with van der Waals surface area (Å²) in [6.07, 6.45) is 1.41. The Morgan fingerprint density at radius 3 is 2.30 bits per heavy atom. The predicted molar refractivity (Wildman–Crippen MR) is 124 cm³/mol. The molecule has 7 nitrogen and oxygen atoms in total. The van der Waals surface area contributed by atoms with Crippen LogP contribution in [0.15, 0.2) is 65.1 Å². The number of halogens is 1. The number of aromatic hydroxyl groups is 1. The average molecular weight is 469 g/mol. The molecular weight excluding hydrogens is 447 g/mol. The Bertz CT molecular complexity index is 1460. The lowest BCUT2D eigenvalue weighted by Crippen LogP contribution is -2.26. The van der Waals surface area contributed by atoms with Crippen LogP contribution in [-0.2, 0) is 16.4 Å². The quantitative estimate of drug-likeness (QED) is 0.444. The van der Waals surface area contributed by atoms with Gasteiger partial charge in [0, 0.05) is 24.1 Å². The summed E-state index contributed by atoms with van der Waals surface area (Å²) >= 11 is 0. The van der Waals surface area contributed by atoms with Crippen molar-refractivity contribution in [1.82, 2.24) is 0 Å². The molecule has 4 rings (SSSR count). The summed E-state index contributed by atoms with van der Waals surface area (Å²) in [5.41, 5.74) is 8.31.